The molecule has 2 aliphatic heterocycles. The number of fused-ring (bicyclic) bond motifs is 1. The number of β-lactam (4-membered cyclic amide) rings is 1. The number of carboxylic acid groups (broad SMARTS) is 1. The van der Waals surface area contributed by atoms with Crippen LogP contribution in [0.4, 0.5) is 0 Å². The molecule has 0 aromatic heterocycles. The van der Waals surface area contributed by atoms with Gasteiger partial charge in [-0.3, -0.25) is 19.3 Å². The number of ether oxygens (including phenoxy) is 1. The van der Waals surface area contributed by atoms with Crippen LogP contribution in [0, 0.1) is 0 Å². The van der Waals surface area contributed by atoms with Crippen LogP contribution < -0.4 is 5.32 Å². The molecule has 10 heteroatoms. The van der Waals surface area contributed by atoms with E-state index < -0.39 is 29.3 Å². The number of hydrogen-bond donors (Lipinski definition) is 2. The molecule has 2 rings (SSSR count). The van der Waals surface area contributed by atoms with E-state index in [0.29, 0.717) is 11.3 Å². The first kappa shape index (κ1) is 17.1. The number of hydrogen-bond acceptors (Lipinski definition) is 6. The lowest BCUT2D eigenvalue weighted by Crippen LogP contribution is -2.70. The number of carboxylic acids is 1. The number of amides is 2. The van der Waals surface area contributed by atoms with Crippen molar-refractivity contribution in [2.45, 2.75) is 18.3 Å². The Morgan fingerprint density at radius 1 is 1.50 bits per heavy atom. The predicted octanol–water partition coefficient (Wildman–Crippen LogP) is -0.277. The molecule has 0 radical (unpaired) electrons. The predicted molar refractivity (Wildman–Crippen MR) is 85.2 cm³/mol. The molecule has 120 valence electrons. The SMILES string of the molecule is CC(=O)OCC1=C(C(=O)O)N2C(=O)[C@@H](NC(=O)CI)[C@H]2SC1. The lowest BCUT2D eigenvalue weighted by molar-refractivity contribution is -0.150. The Morgan fingerprint density at radius 2 is 2.18 bits per heavy atom. The van der Waals surface area contributed by atoms with Crippen molar-refractivity contribution in [3.8, 4) is 0 Å². The molecule has 2 amide bonds. The molecule has 2 heterocycles. The third-order valence-electron chi connectivity index (χ3n) is 3.14. The van der Waals surface area contributed by atoms with Gasteiger partial charge in [0.05, 0.1) is 4.43 Å². The third kappa shape index (κ3) is 3.21. The molecular weight excluding hydrogens is 427 g/mol. The van der Waals surface area contributed by atoms with Crippen LogP contribution in [-0.4, -0.2) is 62.0 Å². The van der Waals surface area contributed by atoms with Gasteiger partial charge in [-0.1, -0.05) is 22.6 Å². The van der Waals surface area contributed by atoms with Gasteiger partial charge < -0.3 is 15.2 Å². The van der Waals surface area contributed by atoms with Gasteiger partial charge in [-0.05, 0) is 0 Å². The van der Waals surface area contributed by atoms with Crippen molar-refractivity contribution in [1.82, 2.24) is 10.2 Å². The molecule has 0 saturated carbocycles. The smallest absolute Gasteiger partial charge is 0.352 e. The number of nitrogens with zero attached hydrogens (tertiary/aromatic N) is 1. The summed E-state index contributed by atoms with van der Waals surface area (Å²) in [6.45, 7) is 1.06. The highest BCUT2D eigenvalue weighted by molar-refractivity contribution is 14.1. The van der Waals surface area contributed by atoms with E-state index in [2.05, 4.69) is 5.32 Å². The monoisotopic (exact) mass is 440 g/mol. The van der Waals surface area contributed by atoms with Crippen LogP contribution >= 0.6 is 34.4 Å². The molecule has 0 bridgehead atoms. The highest BCUT2D eigenvalue weighted by atomic mass is 127. The summed E-state index contributed by atoms with van der Waals surface area (Å²) in [4.78, 5) is 47.0. The van der Waals surface area contributed by atoms with E-state index in [1.165, 1.54) is 18.7 Å². The van der Waals surface area contributed by atoms with E-state index in [-0.39, 0.29) is 22.6 Å². The van der Waals surface area contributed by atoms with Gasteiger partial charge in [0.1, 0.15) is 23.7 Å². The fourth-order valence-electron chi connectivity index (χ4n) is 2.20. The standard InChI is InChI=1S/C12H13IN2O6S/c1-5(16)21-3-6-4-22-11-8(14-7(17)2-13)10(18)15(11)9(6)12(19)20/h8,11H,2-4H2,1H3,(H,14,17)(H,19,20)/t8-,11-/m1/s1. The van der Waals surface area contributed by atoms with Gasteiger partial charge in [0, 0.05) is 18.2 Å². The number of carbonyl (C=O) groups is 4. The number of thioether (sulfide) groups is 1. The van der Waals surface area contributed by atoms with E-state index >= 15 is 0 Å². The maximum absolute atomic E-state index is 12.1. The highest BCUT2D eigenvalue weighted by Gasteiger charge is 2.54. The van der Waals surface area contributed by atoms with Crippen molar-refractivity contribution in [3.63, 3.8) is 0 Å². The molecule has 1 saturated heterocycles. The molecule has 0 aliphatic carbocycles. The lowest BCUT2D eigenvalue weighted by Gasteiger charge is -2.49. The molecule has 0 spiro atoms. The lowest BCUT2D eigenvalue weighted by atomic mass is 10.0. The summed E-state index contributed by atoms with van der Waals surface area (Å²) in [6, 6.07) is -0.711. The minimum atomic E-state index is -1.25. The van der Waals surface area contributed by atoms with E-state index in [1.54, 1.807) is 0 Å². The maximum Gasteiger partial charge on any atom is 0.352 e. The van der Waals surface area contributed by atoms with Gasteiger partial charge in [-0.2, -0.15) is 0 Å². The van der Waals surface area contributed by atoms with Crippen LogP contribution in [0.2, 0.25) is 0 Å². The molecule has 8 nitrogen and oxygen atoms in total. The van der Waals surface area contributed by atoms with Gasteiger partial charge in [0.15, 0.2) is 0 Å². The Morgan fingerprint density at radius 3 is 2.73 bits per heavy atom. The molecule has 22 heavy (non-hydrogen) atoms. The summed E-state index contributed by atoms with van der Waals surface area (Å²) in [5, 5.41) is 11.5. The number of carbonyl (C=O) groups excluding carboxylic acids is 3. The Balaban J connectivity index is 2.19. The summed E-state index contributed by atoms with van der Waals surface area (Å²) >= 11 is 3.22. The second-order valence-electron chi connectivity index (χ2n) is 4.63. The first-order valence-corrected chi connectivity index (χ1v) is 8.83. The van der Waals surface area contributed by atoms with Gasteiger partial charge in [0.2, 0.25) is 5.91 Å². The summed E-state index contributed by atoms with van der Waals surface area (Å²) < 4.78 is 5.05. The van der Waals surface area contributed by atoms with Crippen molar-refractivity contribution in [3.05, 3.63) is 11.3 Å². The molecule has 0 aromatic carbocycles. The van der Waals surface area contributed by atoms with Crippen molar-refractivity contribution >= 4 is 58.1 Å². The molecule has 2 atom stereocenters. The fourth-order valence-corrected chi connectivity index (χ4v) is 3.74. The van der Waals surface area contributed by atoms with Gasteiger partial charge in [-0.15, -0.1) is 11.8 Å². The van der Waals surface area contributed by atoms with Crippen molar-refractivity contribution in [1.29, 1.82) is 0 Å². The van der Waals surface area contributed by atoms with Gasteiger partial charge in [0.25, 0.3) is 5.91 Å². The van der Waals surface area contributed by atoms with Crippen LogP contribution in [-0.2, 0) is 23.9 Å². The first-order chi connectivity index (χ1) is 10.4. The van der Waals surface area contributed by atoms with Crippen LogP contribution in [0.1, 0.15) is 6.92 Å². The van der Waals surface area contributed by atoms with Crippen LogP contribution in [0.25, 0.3) is 0 Å². The van der Waals surface area contributed by atoms with E-state index in [0.717, 1.165) is 4.90 Å². The Hall–Kier alpha value is -1.30. The average molecular weight is 440 g/mol. The van der Waals surface area contributed by atoms with Gasteiger partial charge >= 0.3 is 11.9 Å². The molecule has 0 unspecified atom stereocenters. The largest absolute Gasteiger partial charge is 0.477 e. The number of nitrogens with one attached hydrogen (secondary N) is 1. The highest BCUT2D eigenvalue weighted by Crippen LogP contribution is 2.40. The summed E-state index contributed by atoms with van der Waals surface area (Å²) in [6.07, 6.45) is 0. The second kappa shape index (κ2) is 6.86. The first-order valence-electron chi connectivity index (χ1n) is 6.25. The summed E-state index contributed by atoms with van der Waals surface area (Å²) in [5.74, 6) is -2.19. The normalized spacial score (nSPS) is 23.5. The Bertz CT molecular complexity index is 578. The Labute approximate surface area is 143 Å². The number of rotatable bonds is 5. The van der Waals surface area contributed by atoms with Crippen molar-refractivity contribution < 1.29 is 29.0 Å². The molecule has 1 fully saturated rings. The molecular formula is C12H13IN2O6S. The second-order valence-corrected chi connectivity index (χ2v) is 6.49. The summed E-state index contributed by atoms with van der Waals surface area (Å²) in [7, 11) is 0. The van der Waals surface area contributed by atoms with E-state index in [9.17, 15) is 24.3 Å². The number of esters is 1. The average Bonchev–Trinajstić information content (AvgIpc) is 2.48. The number of halogens is 1. The van der Waals surface area contributed by atoms with Crippen LogP contribution in [0.15, 0.2) is 11.3 Å². The zero-order valence-corrected chi connectivity index (χ0v) is 14.5. The van der Waals surface area contributed by atoms with Gasteiger partial charge in [-0.25, -0.2) is 4.79 Å². The third-order valence-corrected chi connectivity index (χ3v) is 5.17. The molecule has 2 aliphatic rings. The minimum Gasteiger partial charge on any atom is -0.477 e. The summed E-state index contributed by atoms with van der Waals surface area (Å²) in [5.41, 5.74) is 0.214. The zero-order chi connectivity index (χ0) is 16.4. The fraction of sp³-hybridized carbons (Fsp3) is 0.500. The number of alkyl halides is 1. The molecule has 2 N–H and O–H groups in total. The quantitative estimate of drug-likeness (QED) is 0.262. The zero-order valence-electron chi connectivity index (χ0n) is 11.5. The molecule has 0 aromatic rings. The van der Waals surface area contributed by atoms with Crippen LogP contribution in [0.5, 0.6) is 0 Å². The topological polar surface area (TPSA) is 113 Å². The minimum absolute atomic E-state index is 0.157. The van der Waals surface area contributed by atoms with Crippen molar-refractivity contribution in [2.24, 2.45) is 0 Å². The van der Waals surface area contributed by atoms with Crippen LogP contribution in [0.3, 0.4) is 0 Å². The van der Waals surface area contributed by atoms with E-state index in [1.807, 2.05) is 22.6 Å². The Kier molecular flexibility index (Phi) is 5.32. The van der Waals surface area contributed by atoms with E-state index in [4.69, 9.17) is 4.74 Å². The van der Waals surface area contributed by atoms with Crippen molar-refractivity contribution in [2.75, 3.05) is 16.8 Å². The maximum atomic E-state index is 12.1. The number of aliphatic carboxylic acids is 1.